The fourth-order valence-electron chi connectivity index (χ4n) is 3.77. The number of carbonyl (C=O) groups excluding carboxylic acids is 1. The van der Waals surface area contributed by atoms with Crippen molar-refractivity contribution in [3.63, 3.8) is 0 Å². The van der Waals surface area contributed by atoms with Crippen molar-refractivity contribution in [2.24, 2.45) is 0 Å². The molecule has 0 unspecified atom stereocenters. The number of aromatic nitrogens is 1. The number of esters is 1. The summed E-state index contributed by atoms with van der Waals surface area (Å²) < 4.78 is 5.38. The molecule has 0 aliphatic rings. The smallest absolute Gasteiger partial charge is 0.338 e. The van der Waals surface area contributed by atoms with Crippen LogP contribution in [0.2, 0.25) is 0 Å². The van der Waals surface area contributed by atoms with Gasteiger partial charge in [0, 0.05) is 29.4 Å². The number of hydrogen-bond acceptors (Lipinski definition) is 7. The molecule has 0 spiro atoms. The number of hydrogen-bond donors (Lipinski definition) is 1. The van der Waals surface area contributed by atoms with Crippen molar-refractivity contribution in [1.29, 1.82) is 5.26 Å². The molecule has 0 fully saturated rings. The molecule has 1 N–H and O–H groups in total. The molecule has 3 aromatic carbocycles. The molecule has 6 nitrogen and oxygen atoms in total. The second kappa shape index (κ2) is 12.1. The Bertz CT molecular complexity index is 1400. The Morgan fingerprint density at radius 1 is 1.08 bits per heavy atom. The molecule has 0 saturated heterocycles. The molecule has 0 atom stereocenters. The van der Waals surface area contributed by atoms with Gasteiger partial charge in [-0.15, -0.1) is 11.3 Å². The molecule has 7 heteroatoms. The van der Waals surface area contributed by atoms with Gasteiger partial charge in [-0.1, -0.05) is 50.2 Å². The third-order valence-corrected chi connectivity index (χ3v) is 6.81. The summed E-state index contributed by atoms with van der Waals surface area (Å²) in [6.07, 6.45) is 1.64. The Morgan fingerprint density at radius 2 is 1.83 bits per heavy atom. The van der Waals surface area contributed by atoms with E-state index in [1.807, 2.05) is 23.6 Å². The minimum Gasteiger partial charge on any atom is -0.461 e. The van der Waals surface area contributed by atoms with Crippen LogP contribution in [0.1, 0.15) is 29.2 Å². The number of likely N-dealkylation sites (N-methyl/N-ethyl adjacent to an activating group) is 1. The zero-order valence-corrected chi connectivity index (χ0v) is 21.2. The Hall–Kier alpha value is -3.99. The maximum absolute atomic E-state index is 12.3. The first-order valence-corrected chi connectivity index (χ1v) is 12.8. The number of carbonyl (C=O) groups is 1. The molecule has 1 aromatic heterocycles. The van der Waals surface area contributed by atoms with Crippen LogP contribution in [0.4, 0.5) is 5.69 Å². The van der Waals surface area contributed by atoms with Crippen molar-refractivity contribution in [1.82, 2.24) is 9.88 Å². The van der Waals surface area contributed by atoms with Crippen molar-refractivity contribution in [3.8, 4) is 17.3 Å². The molecule has 1 heterocycles. The third kappa shape index (κ3) is 6.16. The van der Waals surface area contributed by atoms with E-state index >= 15 is 0 Å². The molecule has 4 rings (SSSR count). The highest BCUT2D eigenvalue weighted by Gasteiger charge is 2.11. The van der Waals surface area contributed by atoms with E-state index in [9.17, 15) is 10.1 Å². The number of fused-ring (bicyclic) bond motifs is 1. The molecule has 0 aliphatic carbocycles. The number of rotatable bonds is 10. The molecule has 36 heavy (non-hydrogen) atoms. The van der Waals surface area contributed by atoms with Crippen LogP contribution in [0.25, 0.3) is 27.6 Å². The molecular formula is C29H28N4O2S. The maximum Gasteiger partial charge on any atom is 0.338 e. The van der Waals surface area contributed by atoms with Crippen LogP contribution >= 0.6 is 11.3 Å². The summed E-state index contributed by atoms with van der Waals surface area (Å²) in [5.74, 6) is -0.342. The highest BCUT2D eigenvalue weighted by molar-refractivity contribution is 7.11. The summed E-state index contributed by atoms with van der Waals surface area (Å²) in [7, 11) is 0. The molecule has 0 saturated carbocycles. The lowest BCUT2D eigenvalue weighted by Crippen LogP contribution is -2.27. The first-order valence-electron chi connectivity index (χ1n) is 11.9. The van der Waals surface area contributed by atoms with Crippen LogP contribution in [-0.4, -0.2) is 42.1 Å². The lowest BCUT2D eigenvalue weighted by atomic mass is 10.1. The quantitative estimate of drug-likeness (QED) is 0.201. The van der Waals surface area contributed by atoms with Crippen molar-refractivity contribution in [3.05, 3.63) is 88.9 Å². The number of benzene rings is 3. The van der Waals surface area contributed by atoms with Crippen LogP contribution in [0, 0.1) is 11.3 Å². The standard InChI is InChI=1S/C29H28N4O2S/c1-3-33(4-2)15-16-35-29(34)22-11-13-26(14-12-22)31-19-25(18-30)28-32-27(20-36-28)24-10-9-21-7-5-6-8-23(21)17-24/h5-14,17,19-20,31H,3-4,15-16H2,1-2H3. The molecule has 0 radical (unpaired) electrons. The normalized spacial score (nSPS) is 11.4. The van der Waals surface area contributed by atoms with E-state index in [4.69, 9.17) is 4.74 Å². The van der Waals surface area contributed by atoms with Gasteiger partial charge in [-0.05, 0) is 54.2 Å². The summed E-state index contributed by atoms with van der Waals surface area (Å²) in [6, 6.07) is 23.7. The van der Waals surface area contributed by atoms with E-state index in [2.05, 4.69) is 59.4 Å². The molecule has 4 aromatic rings. The Labute approximate surface area is 215 Å². The SMILES string of the molecule is CCN(CC)CCOC(=O)c1ccc(NC=C(C#N)c2nc(-c3ccc4ccccc4c3)cs2)cc1. The van der Waals surface area contributed by atoms with Crippen molar-refractivity contribution < 1.29 is 9.53 Å². The number of nitrogens with zero attached hydrogens (tertiary/aromatic N) is 3. The molecule has 0 bridgehead atoms. The first kappa shape index (κ1) is 25.1. The van der Waals surface area contributed by atoms with Gasteiger partial charge in [0.2, 0.25) is 0 Å². The number of allylic oxidation sites excluding steroid dienone is 1. The zero-order chi connectivity index (χ0) is 25.3. The van der Waals surface area contributed by atoms with Gasteiger partial charge in [0.25, 0.3) is 0 Å². The Balaban J connectivity index is 1.39. The van der Waals surface area contributed by atoms with Crippen LogP contribution in [-0.2, 0) is 4.74 Å². The second-order valence-electron chi connectivity index (χ2n) is 8.15. The van der Waals surface area contributed by atoms with Crippen LogP contribution in [0.15, 0.2) is 78.3 Å². The van der Waals surface area contributed by atoms with Crippen LogP contribution in [0.5, 0.6) is 0 Å². The van der Waals surface area contributed by atoms with E-state index in [0.29, 0.717) is 22.8 Å². The predicted molar refractivity (Wildman–Crippen MR) is 147 cm³/mol. The van der Waals surface area contributed by atoms with Crippen molar-refractivity contribution in [2.45, 2.75) is 13.8 Å². The minimum absolute atomic E-state index is 0.342. The molecule has 0 amide bonds. The summed E-state index contributed by atoms with van der Waals surface area (Å²) in [4.78, 5) is 19.2. The topological polar surface area (TPSA) is 78.2 Å². The molecule has 182 valence electrons. The van der Waals surface area contributed by atoms with Gasteiger partial charge in [0.1, 0.15) is 23.3 Å². The summed E-state index contributed by atoms with van der Waals surface area (Å²) >= 11 is 1.43. The van der Waals surface area contributed by atoms with Gasteiger partial charge < -0.3 is 15.0 Å². The fourth-order valence-corrected chi connectivity index (χ4v) is 4.56. The Kier molecular flexibility index (Phi) is 8.45. The monoisotopic (exact) mass is 496 g/mol. The average molecular weight is 497 g/mol. The number of ether oxygens (including phenoxy) is 1. The van der Waals surface area contributed by atoms with Crippen LogP contribution < -0.4 is 5.32 Å². The highest BCUT2D eigenvalue weighted by Crippen LogP contribution is 2.28. The summed E-state index contributed by atoms with van der Waals surface area (Å²) in [5, 5.41) is 17.8. The van der Waals surface area contributed by atoms with Gasteiger partial charge in [-0.3, -0.25) is 0 Å². The van der Waals surface area contributed by atoms with E-state index in [0.717, 1.165) is 42.0 Å². The number of anilines is 1. The maximum atomic E-state index is 12.3. The van der Waals surface area contributed by atoms with E-state index in [-0.39, 0.29) is 5.97 Å². The van der Waals surface area contributed by atoms with Crippen LogP contribution in [0.3, 0.4) is 0 Å². The van der Waals surface area contributed by atoms with Gasteiger partial charge in [0.15, 0.2) is 0 Å². The Morgan fingerprint density at radius 3 is 2.56 bits per heavy atom. The third-order valence-electron chi connectivity index (χ3n) is 5.94. The van der Waals surface area contributed by atoms with Crippen molar-refractivity contribution in [2.75, 3.05) is 31.6 Å². The second-order valence-corrected chi connectivity index (χ2v) is 9.01. The highest BCUT2D eigenvalue weighted by atomic mass is 32.1. The largest absolute Gasteiger partial charge is 0.461 e. The van der Waals surface area contributed by atoms with Gasteiger partial charge >= 0.3 is 5.97 Å². The van der Waals surface area contributed by atoms with E-state index in [1.165, 1.54) is 16.7 Å². The average Bonchev–Trinajstić information content (AvgIpc) is 3.41. The van der Waals surface area contributed by atoms with Gasteiger partial charge in [-0.25, -0.2) is 9.78 Å². The summed E-state index contributed by atoms with van der Waals surface area (Å²) in [6.45, 7) is 7.11. The van der Waals surface area contributed by atoms with Crippen molar-refractivity contribution >= 4 is 39.3 Å². The van der Waals surface area contributed by atoms with E-state index in [1.54, 1.807) is 30.5 Å². The number of nitriles is 1. The number of thiazole rings is 1. The molecular weight excluding hydrogens is 468 g/mol. The minimum atomic E-state index is -0.342. The van der Waals surface area contributed by atoms with E-state index < -0.39 is 0 Å². The number of nitrogens with one attached hydrogen (secondary N) is 1. The lowest BCUT2D eigenvalue weighted by molar-refractivity contribution is 0.0466. The summed E-state index contributed by atoms with van der Waals surface area (Å²) in [5.41, 5.74) is 3.54. The fraction of sp³-hybridized carbons (Fsp3) is 0.207. The molecule has 0 aliphatic heterocycles. The predicted octanol–water partition coefficient (Wildman–Crippen LogP) is 6.44. The van der Waals surface area contributed by atoms with Gasteiger partial charge in [-0.2, -0.15) is 5.26 Å². The van der Waals surface area contributed by atoms with Gasteiger partial charge in [0.05, 0.1) is 11.3 Å². The first-order chi connectivity index (χ1) is 17.6. The lowest BCUT2D eigenvalue weighted by Gasteiger charge is -2.17. The zero-order valence-electron chi connectivity index (χ0n) is 20.4.